The van der Waals surface area contributed by atoms with Gasteiger partial charge in [-0.15, -0.1) is 0 Å². The van der Waals surface area contributed by atoms with E-state index in [1.54, 1.807) is 41.1 Å². The molecule has 0 amide bonds. The predicted octanol–water partition coefficient (Wildman–Crippen LogP) is 0.0351. The van der Waals surface area contributed by atoms with Crippen molar-refractivity contribution in [1.29, 1.82) is 0 Å². The Kier molecular flexibility index (Phi) is 9.26. The Morgan fingerprint density at radius 1 is 1.07 bits per heavy atom. The fraction of sp³-hybridized carbons (Fsp3) is 0.429. The maximum atomic E-state index is 6.17. The molecule has 0 bridgehead atoms. The normalized spacial score (nSPS) is 18.8. The molecule has 1 aromatic rings. The van der Waals surface area contributed by atoms with Gasteiger partial charge in [-0.3, -0.25) is 0 Å². The third-order valence-corrected chi connectivity index (χ3v) is 11.2. The molecule has 2 aliphatic rings. The van der Waals surface area contributed by atoms with Crippen LogP contribution in [0.15, 0.2) is 52.8 Å². The molecule has 145 valence electrons. The molecule has 6 heteroatoms. The Labute approximate surface area is 194 Å². The van der Waals surface area contributed by atoms with Crippen molar-refractivity contribution in [2.45, 2.75) is 48.8 Å². The van der Waals surface area contributed by atoms with E-state index in [0.29, 0.717) is 3.63 Å². The van der Waals surface area contributed by atoms with Crippen molar-refractivity contribution in [3.05, 3.63) is 63.9 Å². The summed E-state index contributed by atoms with van der Waals surface area (Å²) < 4.78 is 6.78. The quantitative estimate of drug-likeness (QED) is 0.486. The largest absolute Gasteiger partial charge is 1.00 e. The van der Waals surface area contributed by atoms with Gasteiger partial charge in [-0.25, -0.2) is 0 Å². The average Bonchev–Trinajstić information content (AvgIpc) is 3.11. The van der Waals surface area contributed by atoms with Crippen LogP contribution in [0.4, 0.5) is 0 Å². The minimum absolute atomic E-state index is 0. The molecular weight excluding hydrogens is 487 g/mol. The third kappa shape index (κ3) is 5.90. The van der Waals surface area contributed by atoms with Crippen molar-refractivity contribution in [2.75, 3.05) is 6.61 Å². The fourth-order valence-corrected chi connectivity index (χ4v) is 8.46. The molecule has 0 aromatic heterocycles. The van der Waals surface area contributed by atoms with Gasteiger partial charge < -0.3 is 24.8 Å². The number of hydrogen-bond acceptors (Lipinski definition) is 1. The van der Waals surface area contributed by atoms with Gasteiger partial charge in [-0.1, -0.05) is 0 Å². The van der Waals surface area contributed by atoms with Gasteiger partial charge in [0.15, 0.2) is 0 Å². The van der Waals surface area contributed by atoms with Crippen LogP contribution in [0.25, 0.3) is 6.08 Å². The Morgan fingerprint density at radius 3 is 2.37 bits per heavy atom. The first-order chi connectivity index (χ1) is 11.7. The molecule has 1 unspecified atom stereocenters. The summed E-state index contributed by atoms with van der Waals surface area (Å²) in [5.41, 5.74) is 6.17. The SMILES string of the molecule is C[Si](C)(C)OCC[Si](C)(C)C1=C(C2=Cc3ccccc3[CH]2[Zr+2])CC=C1.[Cl-].[Cl-]. The number of benzene rings is 1. The van der Waals surface area contributed by atoms with E-state index in [4.69, 9.17) is 4.43 Å². The predicted molar refractivity (Wildman–Crippen MR) is 110 cm³/mol. The Bertz CT molecular complexity index is 764. The van der Waals surface area contributed by atoms with E-state index >= 15 is 0 Å². The van der Waals surface area contributed by atoms with Crippen molar-refractivity contribution in [3.63, 3.8) is 0 Å². The standard InChI is InChI=1S/C21H29OSi2.2ClH.Zr/c1-23(2,3)22-13-14-24(4,5)21-12-8-11-20(21)19-15-17-9-6-7-10-18(17)16-19;;;/h6-10,12,15-16H,11,13-14H2,1-5H3;2*1H;/q;;;+2/p-2. The number of hydrogen-bond donors (Lipinski definition) is 0. The van der Waals surface area contributed by atoms with Gasteiger partial charge in [-0.2, -0.15) is 0 Å². The molecule has 1 atom stereocenters. The van der Waals surface area contributed by atoms with Gasteiger partial charge in [0.1, 0.15) is 0 Å². The molecule has 1 nitrogen and oxygen atoms in total. The van der Waals surface area contributed by atoms with E-state index in [0.717, 1.165) is 13.0 Å². The second kappa shape index (κ2) is 9.87. The molecule has 27 heavy (non-hydrogen) atoms. The van der Waals surface area contributed by atoms with Crippen molar-refractivity contribution >= 4 is 22.5 Å². The molecule has 0 saturated carbocycles. The van der Waals surface area contributed by atoms with Crippen LogP contribution in [0, 0.1) is 0 Å². The Balaban J connectivity index is 0.00000182. The summed E-state index contributed by atoms with van der Waals surface area (Å²) >= 11 is 1.60. The molecule has 0 heterocycles. The zero-order valence-corrected chi connectivity index (χ0v) is 22.9. The van der Waals surface area contributed by atoms with Crippen molar-refractivity contribution < 1.29 is 54.0 Å². The topological polar surface area (TPSA) is 9.23 Å². The summed E-state index contributed by atoms with van der Waals surface area (Å²) in [5, 5.41) is 1.66. The number of halogens is 2. The zero-order valence-electron chi connectivity index (χ0n) is 16.9. The second-order valence-corrected chi connectivity index (χ2v) is 19.5. The maximum Gasteiger partial charge on any atom is -1.00 e. The van der Waals surface area contributed by atoms with Crippen LogP contribution >= 0.6 is 0 Å². The van der Waals surface area contributed by atoms with Crippen LogP contribution < -0.4 is 24.8 Å². The van der Waals surface area contributed by atoms with Gasteiger partial charge in [0.25, 0.3) is 0 Å². The molecule has 0 radical (unpaired) electrons. The number of rotatable bonds is 6. The van der Waals surface area contributed by atoms with Crippen LogP contribution in [0.3, 0.4) is 0 Å². The van der Waals surface area contributed by atoms with Gasteiger partial charge in [-0.05, 0) is 0 Å². The molecule has 0 N–H and O–H groups in total. The van der Waals surface area contributed by atoms with Gasteiger partial charge in [0.05, 0.1) is 0 Å². The molecule has 3 rings (SSSR count). The fourth-order valence-electron chi connectivity index (χ4n) is 3.74. The van der Waals surface area contributed by atoms with Crippen molar-refractivity contribution in [3.8, 4) is 0 Å². The molecule has 0 aliphatic heterocycles. The van der Waals surface area contributed by atoms with E-state index in [1.807, 2.05) is 0 Å². The zero-order chi connectivity index (χ0) is 18.2. The maximum absolute atomic E-state index is 6.17. The first-order valence-corrected chi connectivity index (χ1v) is 17.3. The van der Waals surface area contributed by atoms with Crippen LogP contribution in [-0.2, 0) is 29.1 Å². The minimum atomic E-state index is -1.47. The van der Waals surface area contributed by atoms with E-state index in [9.17, 15) is 0 Å². The smallest absolute Gasteiger partial charge is 1.00 e. The van der Waals surface area contributed by atoms with Crippen molar-refractivity contribution in [2.24, 2.45) is 0 Å². The summed E-state index contributed by atoms with van der Waals surface area (Å²) in [6.45, 7) is 12.8. The van der Waals surface area contributed by atoms with Crippen LogP contribution in [0.5, 0.6) is 0 Å². The first-order valence-electron chi connectivity index (χ1n) is 9.25. The monoisotopic (exact) mass is 513 g/mol. The molecule has 0 fully saturated rings. The molecular formula is C21H29Cl2OSi2Zr. The summed E-state index contributed by atoms with van der Waals surface area (Å²) in [7, 11) is -2.89. The van der Waals surface area contributed by atoms with Crippen molar-refractivity contribution in [1.82, 2.24) is 0 Å². The van der Waals surface area contributed by atoms with E-state index < -0.39 is 16.4 Å². The minimum Gasteiger partial charge on any atom is -1.00 e. The Hall–Kier alpha value is 0.297. The number of allylic oxidation sites excluding steroid dienone is 5. The second-order valence-electron chi connectivity index (χ2n) is 8.76. The average molecular weight is 516 g/mol. The summed E-state index contributed by atoms with van der Waals surface area (Å²) in [6, 6.07) is 10.1. The summed E-state index contributed by atoms with van der Waals surface area (Å²) in [6.07, 6.45) is 8.39. The van der Waals surface area contributed by atoms with Crippen LogP contribution in [0.1, 0.15) is 21.2 Å². The van der Waals surface area contributed by atoms with Gasteiger partial charge in [0, 0.05) is 0 Å². The van der Waals surface area contributed by atoms with Crippen LogP contribution in [-0.4, -0.2) is 23.0 Å². The first kappa shape index (κ1) is 25.3. The molecule has 0 saturated heterocycles. The van der Waals surface area contributed by atoms with E-state index in [1.165, 1.54) is 17.2 Å². The Morgan fingerprint density at radius 2 is 1.74 bits per heavy atom. The molecule has 0 spiro atoms. The van der Waals surface area contributed by atoms with Gasteiger partial charge in [0.2, 0.25) is 0 Å². The summed E-state index contributed by atoms with van der Waals surface area (Å²) in [5.74, 6) is 0. The third-order valence-electron chi connectivity index (χ3n) is 5.20. The van der Waals surface area contributed by atoms with Gasteiger partial charge >= 0.3 is 171 Å². The summed E-state index contributed by atoms with van der Waals surface area (Å²) in [4.78, 5) is 0. The van der Waals surface area contributed by atoms with Crippen LogP contribution in [0.2, 0.25) is 38.8 Å². The van der Waals surface area contributed by atoms with E-state index in [2.05, 4.69) is 75.2 Å². The number of fused-ring (bicyclic) bond motifs is 1. The van der Waals surface area contributed by atoms with E-state index in [-0.39, 0.29) is 24.8 Å². The molecule has 1 aromatic carbocycles. The molecule has 2 aliphatic carbocycles.